The molecule has 8 rings (SSSR count). The van der Waals surface area contributed by atoms with E-state index in [0.717, 1.165) is 33.0 Å². The average molecular weight is 583 g/mol. The van der Waals surface area contributed by atoms with E-state index in [1.807, 2.05) is 6.07 Å². The van der Waals surface area contributed by atoms with Gasteiger partial charge in [-0.3, -0.25) is 0 Å². The van der Waals surface area contributed by atoms with Crippen molar-refractivity contribution in [3.05, 3.63) is 134 Å². The Bertz CT molecular complexity index is 2270. The number of hydrogen-bond acceptors (Lipinski definition) is 2. The van der Waals surface area contributed by atoms with Crippen molar-refractivity contribution < 1.29 is 0 Å². The summed E-state index contributed by atoms with van der Waals surface area (Å²) < 4.78 is 2.32. The molecule has 3 heterocycles. The van der Waals surface area contributed by atoms with E-state index in [2.05, 4.69) is 147 Å². The zero-order chi connectivity index (χ0) is 26.0. The Morgan fingerprint density at radius 2 is 1.26 bits per heavy atom. The molecule has 184 valence electrons. The number of para-hydroxylation sites is 4. The van der Waals surface area contributed by atoms with Crippen molar-refractivity contribution in [1.29, 1.82) is 0 Å². The maximum absolute atomic E-state index is 5.16. The quantitative estimate of drug-likeness (QED) is 0.132. The van der Waals surface area contributed by atoms with Gasteiger partial charge in [0, 0.05) is 0 Å². The number of imidazole rings is 1. The molecule has 39 heavy (non-hydrogen) atoms. The number of hydrogen-bond donors (Lipinski definition) is 0. The van der Waals surface area contributed by atoms with Crippen LogP contribution in [-0.2, 0) is 0 Å². The standard InChI is InChI=1S/C34H22N3PSe/c39-38(24-11-2-1-3-12-24,26-20-23-10-4-6-14-30(23)35-22-26)25-18-19-27-28-13-5-8-16-32(28)37-33-17-9-7-15-31(33)36-34(37)29(27)21-25/h1-22H. The Morgan fingerprint density at radius 1 is 0.538 bits per heavy atom. The van der Waals surface area contributed by atoms with Gasteiger partial charge in [0.2, 0.25) is 0 Å². The molecule has 0 spiro atoms. The zero-order valence-electron chi connectivity index (χ0n) is 20.9. The molecule has 0 fully saturated rings. The van der Waals surface area contributed by atoms with E-state index in [9.17, 15) is 0 Å². The Kier molecular flexibility index (Phi) is 5.12. The summed E-state index contributed by atoms with van der Waals surface area (Å²) in [4.78, 5) is 10.0. The van der Waals surface area contributed by atoms with Gasteiger partial charge in [-0.1, -0.05) is 0 Å². The summed E-state index contributed by atoms with van der Waals surface area (Å²) in [5.74, 6) is 0. The van der Waals surface area contributed by atoms with Crippen LogP contribution < -0.4 is 15.9 Å². The molecule has 1 atom stereocenters. The molecule has 0 saturated heterocycles. The second-order valence-corrected chi connectivity index (χ2v) is 16.1. The van der Waals surface area contributed by atoms with Crippen molar-refractivity contribution in [2.75, 3.05) is 0 Å². The first-order valence-corrected chi connectivity index (χ1v) is 17.0. The van der Waals surface area contributed by atoms with E-state index < -0.39 is 5.51 Å². The first-order chi connectivity index (χ1) is 19.2. The van der Waals surface area contributed by atoms with Gasteiger partial charge in [-0.25, -0.2) is 0 Å². The molecule has 0 saturated carbocycles. The van der Waals surface area contributed by atoms with Crippen LogP contribution >= 0.6 is 5.51 Å². The number of rotatable bonds is 3. The van der Waals surface area contributed by atoms with Crippen molar-refractivity contribution in [2.24, 2.45) is 0 Å². The Labute approximate surface area is 233 Å². The summed E-state index contributed by atoms with van der Waals surface area (Å²) in [7, 11) is 0. The van der Waals surface area contributed by atoms with Gasteiger partial charge in [0.25, 0.3) is 0 Å². The van der Waals surface area contributed by atoms with Gasteiger partial charge in [0.1, 0.15) is 0 Å². The van der Waals surface area contributed by atoms with Crippen molar-refractivity contribution in [3.63, 3.8) is 0 Å². The van der Waals surface area contributed by atoms with Gasteiger partial charge in [-0.05, 0) is 0 Å². The number of aromatic nitrogens is 3. The van der Waals surface area contributed by atoms with Gasteiger partial charge in [-0.2, -0.15) is 0 Å². The Morgan fingerprint density at radius 3 is 2.13 bits per heavy atom. The summed E-state index contributed by atoms with van der Waals surface area (Å²) in [5.41, 5.74) is 3.17. The van der Waals surface area contributed by atoms with Gasteiger partial charge in [0.15, 0.2) is 0 Å². The van der Waals surface area contributed by atoms with Crippen molar-refractivity contribution >= 4 is 85.8 Å². The minimum atomic E-state index is -2.13. The molecular weight excluding hydrogens is 560 g/mol. The van der Waals surface area contributed by atoms with E-state index >= 15 is 0 Å². The fourth-order valence-corrected chi connectivity index (χ4v) is 10.5. The van der Waals surface area contributed by atoms with Crippen LogP contribution in [0, 0.1) is 0 Å². The summed E-state index contributed by atoms with van der Waals surface area (Å²) >= 11 is 3.72. The van der Waals surface area contributed by atoms with Crippen molar-refractivity contribution in [2.45, 2.75) is 0 Å². The predicted molar refractivity (Wildman–Crippen MR) is 167 cm³/mol. The van der Waals surface area contributed by atoms with Crippen LogP contribution in [0.2, 0.25) is 0 Å². The molecule has 0 aliphatic heterocycles. The SMILES string of the molecule is [Se]=P(c1ccccc1)(c1cnc2ccccc2c1)c1ccc2c3ccccc3n3c4ccccc4nc3c2c1. The second-order valence-electron chi connectivity index (χ2n) is 9.84. The molecule has 3 nitrogen and oxygen atoms in total. The van der Waals surface area contributed by atoms with Crippen LogP contribution in [-0.4, -0.2) is 29.5 Å². The van der Waals surface area contributed by atoms with E-state index in [0.29, 0.717) is 0 Å². The third-order valence-electron chi connectivity index (χ3n) is 7.66. The van der Waals surface area contributed by atoms with Crippen LogP contribution in [0.1, 0.15) is 0 Å². The molecule has 3 aromatic heterocycles. The van der Waals surface area contributed by atoms with Gasteiger partial charge < -0.3 is 0 Å². The van der Waals surface area contributed by atoms with E-state index in [-0.39, 0.29) is 0 Å². The Hall–Kier alpha value is -4.07. The monoisotopic (exact) mass is 583 g/mol. The van der Waals surface area contributed by atoms with Crippen molar-refractivity contribution in [1.82, 2.24) is 14.4 Å². The molecule has 0 aliphatic carbocycles. The normalized spacial score (nSPS) is 13.4. The zero-order valence-corrected chi connectivity index (χ0v) is 23.5. The van der Waals surface area contributed by atoms with E-state index in [1.54, 1.807) is 0 Å². The second kappa shape index (κ2) is 8.73. The first-order valence-electron chi connectivity index (χ1n) is 13.0. The fourth-order valence-electron chi connectivity index (χ4n) is 5.81. The summed E-state index contributed by atoms with van der Waals surface area (Å²) in [6.45, 7) is 0. The molecule has 1 unspecified atom stereocenters. The number of fused-ring (bicyclic) bond motifs is 9. The van der Waals surface area contributed by atoms with Crippen LogP contribution in [0.5, 0.6) is 0 Å². The molecule has 0 aliphatic rings. The molecule has 0 bridgehead atoms. The van der Waals surface area contributed by atoms with Crippen LogP contribution in [0.25, 0.3) is 49.3 Å². The van der Waals surface area contributed by atoms with Crippen molar-refractivity contribution in [3.8, 4) is 0 Å². The molecular formula is C34H22N3PSe. The van der Waals surface area contributed by atoms with Gasteiger partial charge in [0.05, 0.1) is 0 Å². The number of nitrogens with zero attached hydrogens (tertiary/aromatic N) is 3. The predicted octanol–water partition coefficient (Wildman–Crippen LogP) is 6.72. The van der Waals surface area contributed by atoms with Crippen LogP contribution in [0.15, 0.2) is 134 Å². The van der Waals surface area contributed by atoms with Gasteiger partial charge in [-0.15, -0.1) is 0 Å². The summed E-state index contributed by atoms with van der Waals surface area (Å²) in [5, 5.41) is 8.52. The van der Waals surface area contributed by atoms with E-state index in [4.69, 9.17) is 9.97 Å². The number of benzene rings is 5. The Balaban J connectivity index is 1.49. The van der Waals surface area contributed by atoms with Crippen LogP contribution in [0.4, 0.5) is 0 Å². The molecule has 8 aromatic rings. The molecule has 5 aromatic carbocycles. The molecule has 0 amide bonds. The summed E-state index contributed by atoms with van der Waals surface area (Å²) in [6.07, 6.45) is 2.06. The topological polar surface area (TPSA) is 30.2 Å². The van der Waals surface area contributed by atoms with E-state index in [1.165, 1.54) is 32.2 Å². The number of pyridine rings is 2. The first kappa shape index (κ1) is 22.9. The third-order valence-corrected chi connectivity index (χ3v) is 14.6. The van der Waals surface area contributed by atoms with Gasteiger partial charge >= 0.3 is 234 Å². The third kappa shape index (κ3) is 3.40. The summed E-state index contributed by atoms with van der Waals surface area (Å²) in [6, 6.07) is 45.5. The van der Waals surface area contributed by atoms with Crippen LogP contribution in [0.3, 0.4) is 0 Å². The molecule has 5 heteroatoms. The molecule has 0 radical (unpaired) electrons. The maximum atomic E-state index is 5.16. The molecule has 0 N–H and O–H groups in total. The minimum absolute atomic E-state index is 0.989. The average Bonchev–Trinajstić information content (AvgIpc) is 3.41. The fraction of sp³-hybridized carbons (Fsp3) is 0.